The minimum atomic E-state index is 0. The van der Waals surface area contributed by atoms with Crippen molar-refractivity contribution in [1.29, 1.82) is 0 Å². The second-order valence-electron chi connectivity index (χ2n) is 5.38. The number of rotatable bonds is 4. The predicted octanol–water partition coefficient (Wildman–Crippen LogP) is 1.96. The molecule has 0 aliphatic heterocycles. The molecular formula is C15H21IN6. The predicted molar refractivity (Wildman–Crippen MR) is 97.7 cm³/mol. The Balaban J connectivity index is 0.00000176. The van der Waals surface area contributed by atoms with Crippen molar-refractivity contribution in [3.8, 4) is 5.82 Å². The first-order chi connectivity index (χ1) is 10.3. The number of imidazole rings is 1. The lowest BCUT2D eigenvalue weighted by atomic mass is 10.2. The Kier molecular flexibility index (Phi) is 5.76. The van der Waals surface area contributed by atoms with Crippen LogP contribution in [0.2, 0.25) is 0 Å². The normalized spacial score (nSPS) is 20.2. The van der Waals surface area contributed by atoms with E-state index >= 15 is 0 Å². The van der Waals surface area contributed by atoms with Crippen LogP contribution in [0.4, 0.5) is 0 Å². The number of guanidine groups is 1. The van der Waals surface area contributed by atoms with Gasteiger partial charge in [-0.05, 0) is 30.0 Å². The molecule has 0 spiro atoms. The number of aliphatic imine (C=N–C) groups is 1. The first kappa shape index (κ1) is 16.7. The fraction of sp³-hybridized carbons (Fsp3) is 0.400. The third-order valence-corrected chi connectivity index (χ3v) is 3.69. The Labute approximate surface area is 147 Å². The maximum atomic E-state index is 4.35. The highest BCUT2D eigenvalue weighted by Crippen LogP contribution is 2.28. The molecule has 2 unspecified atom stereocenters. The van der Waals surface area contributed by atoms with Crippen molar-refractivity contribution in [3.63, 3.8) is 0 Å². The fourth-order valence-electron chi connectivity index (χ4n) is 2.19. The second kappa shape index (κ2) is 7.57. The highest BCUT2D eigenvalue weighted by molar-refractivity contribution is 14.0. The van der Waals surface area contributed by atoms with Crippen molar-refractivity contribution in [2.75, 3.05) is 7.05 Å². The molecular weight excluding hydrogens is 391 g/mol. The minimum Gasteiger partial charge on any atom is -0.353 e. The van der Waals surface area contributed by atoms with E-state index in [0.29, 0.717) is 12.6 Å². The summed E-state index contributed by atoms with van der Waals surface area (Å²) < 4.78 is 1.89. The summed E-state index contributed by atoms with van der Waals surface area (Å²) in [7, 11) is 1.80. The van der Waals surface area contributed by atoms with E-state index < -0.39 is 0 Å². The molecule has 1 fully saturated rings. The largest absolute Gasteiger partial charge is 0.353 e. The van der Waals surface area contributed by atoms with E-state index in [-0.39, 0.29) is 24.0 Å². The van der Waals surface area contributed by atoms with Crippen molar-refractivity contribution in [1.82, 2.24) is 25.2 Å². The van der Waals surface area contributed by atoms with Gasteiger partial charge in [-0.3, -0.25) is 9.56 Å². The highest BCUT2D eigenvalue weighted by Gasteiger charge is 2.33. The molecule has 3 rings (SSSR count). The lowest BCUT2D eigenvalue weighted by Gasteiger charge is -2.12. The average molecular weight is 412 g/mol. The summed E-state index contributed by atoms with van der Waals surface area (Å²) in [6.45, 7) is 2.95. The molecule has 2 aromatic rings. The first-order valence-corrected chi connectivity index (χ1v) is 7.16. The lowest BCUT2D eigenvalue weighted by Crippen LogP contribution is -2.38. The van der Waals surface area contributed by atoms with Crippen LogP contribution in [0.1, 0.15) is 18.9 Å². The summed E-state index contributed by atoms with van der Waals surface area (Å²) in [5, 5.41) is 6.75. The van der Waals surface area contributed by atoms with E-state index in [9.17, 15) is 0 Å². The van der Waals surface area contributed by atoms with Gasteiger partial charge in [-0.25, -0.2) is 9.97 Å². The monoisotopic (exact) mass is 412 g/mol. The molecule has 1 aliphatic carbocycles. The third kappa shape index (κ3) is 4.19. The number of aromatic nitrogens is 3. The molecule has 0 radical (unpaired) electrons. The standard InChI is InChI=1S/C15H20N6.HI/c1-11-7-13(11)20-15(16-2)19-9-12-3-4-18-14(8-12)21-6-5-17-10-21;/h3-6,8,10-11,13H,7,9H2,1-2H3,(H2,16,19,20);1H. The van der Waals surface area contributed by atoms with Crippen molar-refractivity contribution in [3.05, 3.63) is 42.6 Å². The van der Waals surface area contributed by atoms with Gasteiger partial charge in [0.05, 0.1) is 0 Å². The summed E-state index contributed by atoms with van der Waals surface area (Å²) in [4.78, 5) is 12.6. The molecule has 0 bridgehead atoms. The molecule has 7 heteroatoms. The number of hydrogen-bond acceptors (Lipinski definition) is 3. The average Bonchev–Trinajstić information content (AvgIpc) is 2.98. The van der Waals surface area contributed by atoms with Crippen LogP contribution < -0.4 is 10.6 Å². The van der Waals surface area contributed by atoms with Crippen LogP contribution in [-0.2, 0) is 6.54 Å². The molecule has 6 nitrogen and oxygen atoms in total. The molecule has 2 aromatic heterocycles. The topological polar surface area (TPSA) is 67.1 Å². The number of nitrogens with one attached hydrogen (secondary N) is 2. The molecule has 1 aliphatic rings. The number of pyridine rings is 1. The molecule has 2 heterocycles. The van der Waals surface area contributed by atoms with Crippen LogP contribution in [0.5, 0.6) is 0 Å². The van der Waals surface area contributed by atoms with Gasteiger partial charge in [-0.2, -0.15) is 0 Å². The van der Waals surface area contributed by atoms with Gasteiger partial charge in [0.2, 0.25) is 0 Å². The third-order valence-electron chi connectivity index (χ3n) is 3.69. The van der Waals surface area contributed by atoms with Crippen LogP contribution in [0, 0.1) is 5.92 Å². The number of nitrogens with zero attached hydrogens (tertiary/aromatic N) is 4. The Hall–Kier alpha value is -1.64. The molecule has 2 atom stereocenters. The van der Waals surface area contributed by atoms with Gasteiger partial charge in [0, 0.05) is 38.2 Å². The van der Waals surface area contributed by atoms with Crippen molar-refractivity contribution < 1.29 is 0 Å². The van der Waals surface area contributed by atoms with Crippen LogP contribution in [-0.4, -0.2) is 33.6 Å². The smallest absolute Gasteiger partial charge is 0.191 e. The van der Waals surface area contributed by atoms with E-state index in [1.54, 1.807) is 19.6 Å². The van der Waals surface area contributed by atoms with Crippen LogP contribution in [0.15, 0.2) is 42.0 Å². The highest BCUT2D eigenvalue weighted by atomic mass is 127. The second-order valence-corrected chi connectivity index (χ2v) is 5.38. The zero-order valence-electron chi connectivity index (χ0n) is 12.7. The summed E-state index contributed by atoms with van der Waals surface area (Å²) in [6.07, 6.45) is 8.41. The molecule has 0 saturated heterocycles. The fourth-order valence-corrected chi connectivity index (χ4v) is 2.19. The summed E-state index contributed by atoms with van der Waals surface area (Å²) >= 11 is 0. The molecule has 0 amide bonds. The Morgan fingerprint density at radius 1 is 1.45 bits per heavy atom. The zero-order valence-corrected chi connectivity index (χ0v) is 15.1. The Morgan fingerprint density at radius 3 is 2.91 bits per heavy atom. The van der Waals surface area contributed by atoms with Gasteiger partial charge < -0.3 is 10.6 Å². The van der Waals surface area contributed by atoms with Gasteiger partial charge >= 0.3 is 0 Å². The van der Waals surface area contributed by atoms with Crippen molar-refractivity contribution in [2.45, 2.75) is 25.9 Å². The molecule has 0 aromatic carbocycles. The van der Waals surface area contributed by atoms with Gasteiger partial charge in [0.1, 0.15) is 12.1 Å². The zero-order chi connectivity index (χ0) is 14.7. The summed E-state index contributed by atoms with van der Waals surface area (Å²) in [5.41, 5.74) is 1.15. The Bertz CT molecular complexity index is 625. The van der Waals surface area contributed by atoms with Crippen molar-refractivity contribution >= 4 is 29.9 Å². The molecule has 22 heavy (non-hydrogen) atoms. The van der Waals surface area contributed by atoms with E-state index in [1.807, 2.05) is 29.1 Å². The Morgan fingerprint density at radius 2 is 2.27 bits per heavy atom. The van der Waals surface area contributed by atoms with Crippen LogP contribution in [0.25, 0.3) is 5.82 Å². The maximum Gasteiger partial charge on any atom is 0.191 e. The lowest BCUT2D eigenvalue weighted by molar-refractivity contribution is 0.762. The SMILES string of the molecule is CN=C(NCc1ccnc(-n2ccnc2)c1)NC1CC1C.I. The maximum absolute atomic E-state index is 4.35. The van der Waals surface area contributed by atoms with Gasteiger partial charge in [0.25, 0.3) is 0 Å². The summed E-state index contributed by atoms with van der Waals surface area (Å²) in [6, 6.07) is 4.61. The molecule has 118 valence electrons. The first-order valence-electron chi connectivity index (χ1n) is 7.16. The van der Waals surface area contributed by atoms with Crippen molar-refractivity contribution in [2.24, 2.45) is 10.9 Å². The van der Waals surface area contributed by atoms with Gasteiger partial charge in [-0.1, -0.05) is 6.92 Å². The minimum absolute atomic E-state index is 0. The summed E-state index contributed by atoms with van der Waals surface area (Å²) in [5.74, 6) is 2.47. The van der Waals surface area contributed by atoms with E-state index in [4.69, 9.17) is 0 Å². The molecule has 2 N–H and O–H groups in total. The van der Waals surface area contributed by atoms with Gasteiger partial charge in [-0.15, -0.1) is 24.0 Å². The van der Waals surface area contributed by atoms with E-state index in [0.717, 1.165) is 23.3 Å². The van der Waals surface area contributed by atoms with E-state index in [2.05, 4.69) is 32.5 Å². The molecule has 1 saturated carbocycles. The number of halogens is 1. The van der Waals surface area contributed by atoms with Gasteiger partial charge in [0.15, 0.2) is 5.96 Å². The van der Waals surface area contributed by atoms with Crippen LogP contribution >= 0.6 is 24.0 Å². The van der Waals surface area contributed by atoms with E-state index in [1.165, 1.54) is 6.42 Å². The van der Waals surface area contributed by atoms with Crippen LogP contribution in [0.3, 0.4) is 0 Å². The number of hydrogen-bond donors (Lipinski definition) is 2. The quantitative estimate of drug-likeness (QED) is 0.458.